The molecule has 3 rings (SSSR count). The first-order chi connectivity index (χ1) is 17.6. The molecule has 37 heavy (non-hydrogen) atoms. The molecular weight excluding hydrogens is 482 g/mol. The molecule has 0 saturated carbocycles. The van der Waals surface area contributed by atoms with E-state index in [0.717, 1.165) is 5.56 Å². The minimum Gasteiger partial charge on any atom is -0.468 e. The smallest absolute Gasteiger partial charge is 0.336 e. The molecule has 1 heterocycles. The standard InChI is InChI=1S/C26H25N3O8/c1-16-22(25(30)36-3)24(19-8-6-9-21(15-19)29(34)35)23(17(2)27-16)26(31)37-14-5-4-7-18-10-12-20(13-11-18)28(32)33/h4,6-13,15,22,24H,5,14H2,1-3H3. The molecule has 192 valence electrons. The molecule has 11 nitrogen and oxygen atoms in total. The molecule has 0 saturated heterocycles. The van der Waals surface area contributed by atoms with Gasteiger partial charge in [-0.15, -0.1) is 0 Å². The normalized spacial score (nSPS) is 17.3. The van der Waals surface area contributed by atoms with Crippen LogP contribution in [0.2, 0.25) is 0 Å². The van der Waals surface area contributed by atoms with Crippen molar-refractivity contribution in [3.63, 3.8) is 0 Å². The van der Waals surface area contributed by atoms with E-state index in [1.807, 2.05) is 0 Å². The highest BCUT2D eigenvalue weighted by Crippen LogP contribution is 2.40. The Bertz CT molecular complexity index is 1310. The summed E-state index contributed by atoms with van der Waals surface area (Å²) in [5.41, 5.74) is 1.85. The number of carbonyl (C=O) groups is 2. The lowest BCUT2D eigenvalue weighted by Crippen LogP contribution is -2.36. The molecule has 2 atom stereocenters. The van der Waals surface area contributed by atoms with Gasteiger partial charge in [0.1, 0.15) is 5.92 Å². The SMILES string of the molecule is COC(=O)C1C(C)=NC(C)=C(C(=O)OCCC=Cc2ccc([N+](=O)[O-])cc2)C1c1cccc([N+](=O)[O-])c1. The number of hydrogen-bond donors (Lipinski definition) is 0. The first kappa shape index (κ1) is 26.9. The van der Waals surface area contributed by atoms with Crippen LogP contribution in [0.15, 0.2) is 70.9 Å². The fourth-order valence-electron chi connectivity index (χ4n) is 4.15. The van der Waals surface area contributed by atoms with E-state index in [4.69, 9.17) is 9.47 Å². The van der Waals surface area contributed by atoms with Crippen LogP contribution in [0, 0.1) is 26.1 Å². The fourth-order valence-corrected chi connectivity index (χ4v) is 4.15. The van der Waals surface area contributed by atoms with Crippen LogP contribution < -0.4 is 0 Å². The van der Waals surface area contributed by atoms with Gasteiger partial charge in [-0.2, -0.15) is 0 Å². The summed E-state index contributed by atoms with van der Waals surface area (Å²) >= 11 is 0. The van der Waals surface area contributed by atoms with Crippen molar-refractivity contribution in [2.24, 2.45) is 10.9 Å². The maximum absolute atomic E-state index is 13.2. The van der Waals surface area contributed by atoms with E-state index in [-0.39, 0.29) is 23.6 Å². The average Bonchev–Trinajstić information content (AvgIpc) is 2.87. The van der Waals surface area contributed by atoms with E-state index in [1.165, 1.54) is 37.4 Å². The van der Waals surface area contributed by atoms with Crippen LogP contribution in [0.3, 0.4) is 0 Å². The Morgan fingerprint density at radius 1 is 1.03 bits per heavy atom. The Morgan fingerprint density at radius 2 is 1.70 bits per heavy atom. The summed E-state index contributed by atoms with van der Waals surface area (Å²) in [4.78, 5) is 51.3. The van der Waals surface area contributed by atoms with Gasteiger partial charge in [0.2, 0.25) is 0 Å². The van der Waals surface area contributed by atoms with E-state index < -0.39 is 33.6 Å². The maximum atomic E-state index is 13.2. The second kappa shape index (κ2) is 11.8. The molecular formula is C26H25N3O8. The van der Waals surface area contributed by atoms with Crippen LogP contribution in [-0.2, 0) is 19.1 Å². The zero-order valence-electron chi connectivity index (χ0n) is 20.5. The first-order valence-electron chi connectivity index (χ1n) is 11.3. The third kappa shape index (κ3) is 6.31. The number of nitro groups is 2. The molecule has 1 aliphatic rings. The highest BCUT2D eigenvalue weighted by atomic mass is 16.6. The van der Waals surface area contributed by atoms with E-state index >= 15 is 0 Å². The Hall–Kier alpha value is -4.67. The van der Waals surface area contributed by atoms with Gasteiger partial charge in [-0.1, -0.05) is 24.3 Å². The van der Waals surface area contributed by atoms with Crippen molar-refractivity contribution in [1.29, 1.82) is 0 Å². The Kier molecular flexibility index (Phi) is 8.62. The molecule has 0 spiro atoms. The number of nitrogens with zero attached hydrogens (tertiary/aromatic N) is 3. The summed E-state index contributed by atoms with van der Waals surface area (Å²) in [5, 5.41) is 22.1. The van der Waals surface area contributed by atoms with Gasteiger partial charge in [-0.05, 0) is 43.5 Å². The number of non-ortho nitro benzene ring substituents is 2. The predicted octanol–water partition coefficient (Wildman–Crippen LogP) is 4.77. The second-order valence-electron chi connectivity index (χ2n) is 8.26. The Balaban J connectivity index is 1.80. The molecule has 11 heteroatoms. The monoisotopic (exact) mass is 507 g/mol. The number of methoxy groups -OCH3 is 1. The molecule has 2 aromatic rings. The highest BCUT2D eigenvalue weighted by Gasteiger charge is 2.42. The summed E-state index contributed by atoms with van der Waals surface area (Å²) in [6.45, 7) is 3.28. The zero-order chi connectivity index (χ0) is 27.1. The van der Waals surface area contributed by atoms with Crippen LogP contribution in [0.1, 0.15) is 37.3 Å². The first-order valence-corrected chi connectivity index (χ1v) is 11.3. The summed E-state index contributed by atoms with van der Waals surface area (Å²) in [5.74, 6) is -3.15. The largest absolute Gasteiger partial charge is 0.468 e. The van der Waals surface area contributed by atoms with Gasteiger partial charge in [0.15, 0.2) is 0 Å². The maximum Gasteiger partial charge on any atom is 0.336 e. The number of allylic oxidation sites excluding steroid dienone is 1. The summed E-state index contributed by atoms with van der Waals surface area (Å²) < 4.78 is 10.4. The lowest BCUT2D eigenvalue weighted by molar-refractivity contribution is -0.385. The van der Waals surface area contributed by atoms with E-state index in [2.05, 4.69) is 4.99 Å². The number of hydrogen-bond acceptors (Lipinski definition) is 9. The summed E-state index contributed by atoms with van der Waals surface area (Å²) in [6, 6.07) is 11.8. The van der Waals surface area contributed by atoms with Crippen LogP contribution in [0.25, 0.3) is 6.08 Å². The van der Waals surface area contributed by atoms with Gasteiger partial charge in [-0.25, -0.2) is 4.79 Å². The molecule has 0 bridgehead atoms. The third-order valence-corrected chi connectivity index (χ3v) is 5.88. The van der Waals surface area contributed by atoms with Gasteiger partial charge in [0.05, 0.1) is 29.1 Å². The van der Waals surface area contributed by atoms with Crippen molar-refractivity contribution in [2.75, 3.05) is 13.7 Å². The number of ether oxygens (including phenoxy) is 2. The molecule has 0 radical (unpaired) electrons. The van der Waals surface area contributed by atoms with Crippen LogP contribution in [-0.4, -0.2) is 41.2 Å². The van der Waals surface area contributed by atoms with Crippen molar-refractivity contribution in [1.82, 2.24) is 0 Å². The Labute approximate surface area is 212 Å². The lowest BCUT2D eigenvalue weighted by Gasteiger charge is -2.31. The number of benzene rings is 2. The molecule has 0 fully saturated rings. The predicted molar refractivity (Wildman–Crippen MR) is 135 cm³/mol. The zero-order valence-corrected chi connectivity index (χ0v) is 20.5. The summed E-state index contributed by atoms with van der Waals surface area (Å²) in [7, 11) is 1.22. The number of nitro benzene ring substituents is 2. The second-order valence-corrected chi connectivity index (χ2v) is 8.26. The minimum absolute atomic E-state index is 0.0105. The Morgan fingerprint density at radius 3 is 2.32 bits per heavy atom. The van der Waals surface area contributed by atoms with Crippen LogP contribution in [0.5, 0.6) is 0 Å². The molecule has 1 aliphatic heterocycles. The molecule has 0 N–H and O–H groups in total. The van der Waals surface area contributed by atoms with Gasteiger partial charge >= 0.3 is 11.9 Å². The van der Waals surface area contributed by atoms with E-state index in [0.29, 0.717) is 23.4 Å². The number of esters is 2. The van der Waals surface area contributed by atoms with Gasteiger partial charge < -0.3 is 9.47 Å². The van der Waals surface area contributed by atoms with Crippen molar-refractivity contribution in [3.8, 4) is 0 Å². The fraction of sp³-hybridized carbons (Fsp3) is 0.269. The average molecular weight is 507 g/mol. The van der Waals surface area contributed by atoms with Gasteiger partial charge in [-0.3, -0.25) is 30.0 Å². The van der Waals surface area contributed by atoms with Crippen molar-refractivity contribution in [2.45, 2.75) is 26.2 Å². The molecule has 2 unspecified atom stereocenters. The van der Waals surface area contributed by atoms with Crippen LogP contribution >= 0.6 is 0 Å². The lowest BCUT2D eigenvalue weighted by atomic mass is 9.75. The van der Waals surface area contributed by atoms with Crippen molar-refractivity contribution >= 4 is 35.1 Å². The minimum atomic E-state index is -0.958. The quantitative estimate of drug-likeness (QED) is 0.204. The van der Waals surface area contributed by atoms with E-state index in [1.54, 1.807) is 44.2 Å². The van der Waals surface area contributed by atoms with Crippen LogP contribution in [0.4, 0.5) is 11.4 Å². The van der Waals surface area contributed by atoms with Gasteiger partial charge in [0, 0.05) is 41.6 Å². The van der Waals surface area contributed by atoms with Gasteiger partial charge in [0.25, 0.3) is 11.4 Å². The number of aliphatic imine (C=N–C) groups is 1. The molecule has 0 amide bonds. The topological polar surface area (TPSA) is 151 Å². The molecule has 2 aromatic carbocycles. The number of rotatable bonds is 9. The molecule has 0 aromatic heterocycles. The van der Waals surface area contributed by atoms with Crippen molar-refractivity contribution < 1.29 is 28.9 Å². The van der Waals surface area contributed by atoms with Crippen molar-refractivity contribution in [3.05, 3.63) is 97.2 Å². The third-order valence-electron chi connectivity index (χ3n) is 5.88. The van der Waals surface area contributed by atoms with E-state index in [9.17, 15) is 29.8 Å². The summed E-state index contributed by atoms with van der Waals surface area (Å²) in [6.07, 6.45) is 3.86. The molecule has 0 aliphatic carbocycles. The number of carbonyl (C=O) groups excluding carboxylic acids is 2. The highest BCUT2D eigenvalue weighted by molar-refractivity contribution is 6.07.